The van der Waals surface area contributed by atoms with Gasteiger partial charge in [0.25, 0.3) is 0 Å². The molecule has 0 bridgehead atoms. The van der Waals surface area contributed by atoms with Crippen molar-refractivity contribution in [3.05, 3.63) is 29.8 Å². The van der Waals surface area contributed by atoms with Gasteiger partial charge in [0, 0.05) is 30.4 Å². The molecule has 4 rings (SSSR count). The zero-order chi connectivity index (χ0) is 18.5. The van der Waals surface area contributed by atoms with Crippen molar-refractivity contribution in [2.45, 2.75) is 119 Å². The Bertz CT molecular complexity index is 549. The highest BCUT2D eigenvalue weighted by molar-refractivity contribution is 5.55. The lowest BCUT2D eigenvalue weighted by molar-refractivity contribution is 0.0371. The van der Waals surface area contributed by atoms with Gasteiger partial charge in [0.15, 0.2) is 0 Å². The Morgan fingerprint density at radius 1 is 0.759 bits per heavy atom. The van der Waals surface area contributed by atoms with E-state index < -0.39 is 0 Å². The zero-order valence-electron chi connectivity index (χ0n) is 17.6. The van der Waals surface area contributed by atoms with Gasteiger partial charge in [-0.15, -0.1) is 0 Å². The molecule has 0 aromatic heterocycles. The summed E-state index contributed by atoms with van der Waals surface area (Å²) in [7, 11) is 0. The third-order valence-electron chi connectivity index (χ3n) is 6.72. The van der Waals surface area contributed by atoms with Gasteiger partial charge in [-0.1, -0.05) is 53.3 Å². The van der Waals surface area contributed by atoms with Crippen LogP contribution in [0, 0.1) is 5.92 Å². The Balaban J connectivity index is 0.000000490. The minimum absolute atomic E-state index is 0. The Kier molecular flexibility index (Phi) is 12.8. The number of piperidine rings is 1. The number of hydrogen-bond donors (Lipinski definition) is 0. The fourth-order valence-electron chi connectivity index (χ4n) is 5.40. The molecule has 2 heteroatoms. The maximum atomic E-state index is 2.76. The highest BCUT2D eigenvalue weighted by Gasteiger charge is 2.33. The Hall–Kier alpha value is -1.02. The van der Waals surface area contributed by atoms with E-state index in [4.69, 9.17) is 0 Å². The van der Waals surface area contributed by atoms with Gasteiger partial charge in [0.1, 0.15) is 0 Å². The molecular formula is C27H52N2. The molecule has 1 aliphatic carbocycles. The second-order valence-electron chi connectivity index (χ2n) is 9.11. The average Bonchev–Trinajstić information content (AvgIpc) is 2.67. The fourth-order valence-corrected chi connectivity index (χ4v) is 5.40. The number of nitrogens with zero attached hydrogens (tertiary/aromatic N) is 2. The smallest absolute Gasteiger partial charge is 0.0401 e. The molecule has 2 atom stereocenters. The summed E-state index contributed by atoms with van der Waals surface area (Å²) in [5, 5.41) is 0. The Morgan fingerprint density at radius 2 is 1.41 bits per heavy atom. The topological polar surface area (TPSA) is 6.48 Å². The average molecular weight is 405 g/mol. The molecule has 2 aliphatic heterocycles. The van der Waals surface area contributed by atoms with Gasteiger partial charge in [-0.2, -0.15) is 0 Å². The van der Waals surface area contributed by atoms with Crippen molar-refractivity contribution in [1.29, 1.82) is 0 Å². The molecule has 1 aromatic rings. The van der Waals surface area contributed by atoms with Crippen LogP contribution in [-0.2, 0) is 6.42 Å². The third-order valence-corrected chi connectivity index (χ3v) is 6.72. The first kappa shape index (κ1) is 28.0. The molecule has 3 aliphatic rings. The number of anilines is 1. The van der Waals surface area contributed by atoms with Crippen LogP contribution < -0.4 is 4.90 Å². The molecule has 0 N–H and O–H groups in total. The lowest BCUT2D eigenvalue weighted by Crippen LogP contribution is -2.49. The van der Waals surface area contributed by atoms with Crippen molar-refractivity contribution in [1.82, 2.24) is 4.90 Å². The van der Waals surface area contributed by atoms with Crippen LogP contribution in [-0.4, -0.2) is 36.1 Å². The summed E-state index contributed by atoms with van der Waals surface area (Å²) in [5.41, 5.74) is 2.96. The minimum atomic E-state index is 0. The number of rotatable bonds is 2. The molecule has 2 unspecified atom stereocenters. The molecular weight excluding hydrogens is 352 g/mol. The normalized spacial score (nSPS) is 23.4. The van der Waals surface area contributed by atoms with E-state index in [1.165, 1.54) is 75.7 Å². The SMILES string of the molecule is C.C.C.CC(C)N1CCCC2CCCCC21.CC(C)N1CCCc2ccccc21. The van der Waals surface area contributed by atoms with Crippen LogP contribution in [0.4, 0.5) is 5.69 Å². The summed E-state index contributed by atoms with van der Waals surface area (Å²) in [6.07, 6.45) is 11.5. The summed E-state index contributed by atoms with van der Waals surface area (Å²) in [6.45, 7) is 11.8. The first-order chi connectivity index (χ1) is 12.6. The minimum Gasteiger partial charge on any atom is -0.369 e. The van der Waals surface area contributed by atoms with Crippen LogP contribution in [0.1, 0.15) is 100 Å². The van der Waals surface area contributed by atoms with Gasteiger partial charge in [0.2, 0.25) is 0 Å². The summed E-state index contributed by atoms with van der Waals surface area (Å²) < 4.78 is 0. The van der Waals surface area contributed by atoms with Crippen molar-refractivity contribution in [3.63, 3.8) is 0 Å². The predicted molar refractivity (Wildman–Crippen MR) is 134 cm³/mol. The van der Waals surface area contributed by atoms with Crippen LogP contribution in [0.2, 0.25) is 0 Å². The monoisotopic (exact) mass is 404 g/mol. The van der Waals surface area contributed by atoms with Crippen LogP contribution in [0.25, 0.3) is 0 Å². The number of aryl methyl sites for hydroxylation is 1. The second kappa shape index (κ2) is 13.3. The molecule has 2 heterocycles. The van der Waals surface area contributed by atoms with Gasteiger partial charge in [-0.05, 0) is 90.3 Å². The standard InChI is InChI=1S/C12H23N.C12H17N.3CH4/c2*1-10(2)13-9-5-7-11-6-3-4-8-12(11)13;;;/h10-12H,3-9H2,1-2H3;3-4,6,8,10H,5,7,9H2,1-2H3;3*1H4. The second-order valence-corrected chi connectivity index (χ2v) is 9.11. The molecule has 2 nitrogen and oxygen atoms in total. The van der Waals surface area contributed by atoms with E-state index in [1.54, 1.807) is 0 Å². The van der Waals surface area contributed by atoms with Crippen molar-refractivity contribution in [2.75, 3.05) is 18.0 Å². The molecule has 1 saturated heterocycles. The number of para-hydroxylation sites is 1. The summed E-state index contributed by atoms with van der Waals surface area (Å²) in [5.74, 6) is 1.05. The predicted octanol–water partition coefficient (Wildman–Crippen LogP) is 7.81. The zero-order valence-corrected chi connectivity index (χ0v) is 17.6. The van der Waals surface area contributed by atoms with Crippen molar-refractivity contribution < 1.29 is 0 Å². The van der Waals surface area contributed by atoms with E-state index in [-0.39, 0.29) is 22.3 Å². The van der Waals surface area contributed by atoms with E-state index >= 15 is 0 Å². The molecule has 0 radical (unpaired) electrons. The molecule has 29 heavy (non-hydrogen) atoms. The maximum absolute atomic E-state index is 2.76. The van der Waals surface area contributed by atoms with Crippen LogP contribution in [0.15, 0.2) is 24.3 Å². The number of hydrogen-bond acceptors (Lipinski definition) is 2. The highest BCUT2D eigenvalue weighted by Crippen LogP contribution is 2.36. The Labute approximate surface area is 184 Å². The molecule has 1 aromatic carbocycles. The third kappa shape index (κ3) is 7.02. The number of likely N-dealkylation sites (tertiary alicyclic amines) is 1. The van der Waals surface area contributed by atoms with Crippen molar-refractivity contribution in [2.24, 2.45) is 5.92 Å². The van der Waals surface area contributed by atoms with E-state index in [2.05, 4.69) is 61.8 Å². The molecule has 1 saturated carbocycles. The Morgan fingerprint density at radius 3 is 2.10 bits per heavy atom. The van der Waals surface area contributed by atoms with Gasteiger partial charge in [0.05, 0.1) is 0 Å². The summed E-state index contributed by atoms with van der Waals surface area (Å²) in [6, 6.07) is 11.1. The number of fused-ring (bicyclic) bond motifs is 2. The molecule has 0 amide bonds. The largest absolute Gasteiger partial charge is 0.369 e. The lowest BCUT2D eigenvalue weighted by atomic mass is 9.78. The van der Waals surface area contributed by atoms with E-state index in [1.807, 2.05) is 0 Å². The van der Waals surface area contributed by atoms with E-state index in [9.17, 15) is 0 Å². The number of benzene rings is 1. The highest BCUT2D eigenvalue weighted by atomic mass is 15.2. The van der Waals surface area contributed by atoms with E-state index in [0.717, 1.165) is 18.0 Å². The molecule has 170 valence electrons. The van der Waals surface area contributed by atoms with Gasteiger partial charge >= 0.3 is 0 Å². The van der Waals surface area contributed by atoms with Crippen molar-refractivity contribution in [3.8, 4) is 0 Å². The van der Waals surface area contributed by atoms with E-state index in [0.29, 0.717) is 6.04 Å². The van der Waals surface area contributed by atoms with Crippen LogP contribution in [0.3, 0.4) is 0 Å². The van der Waals surface area contributed by atoms with Crippen molar-refractivity contribution >= 4 is 5.69 Å². The van der Waals surface area contributed by atoms with Gasteiger partial charge in [-0.25, -0.2) is 0 Å². The molecule has 0 spiro atoms. The maximum Gasteiger partial charge on any atom is 0.0401 e. The van der Waals surface area contributed by atoms with Gasteiger partial charge in [-0.3, -0.25) is 4.90 Å². The first-order valence-electron chi connectivity index (χ1n) is 11.2. The quantitative estimate of drug-likeness (QED) is 0.496. The lowest BCUT2D eigenvalue weighted by Gasteiger charge is -2.46. The van der Waals surface area contributed by atoms with Gasteiger partial charge < -0.3 is 4.90 Å². The molecule has 2 fully saturated rings. The first-order valence-corrected chi connectivity index (χ1v) is 11.2. The fraction of sp³-hybridized carbons (Fsp3) is 0.778. The summed E-state index contributed by atoms with van der Waals surface area (Å²) in [4.78, 5) is 5.26. The van der Waals surface area contributed by atoms with Crippen LogP contribution >= 0.6 is 0 Å². The summed E-state index contributed by atoms with van der Waals surface area (Å²) >= 11 is 0. The van der Waals surface area contributed by atoms with Crippen LogP contribution in [0.5, 0.6) is 0 Å².